The van der Waals surface area contributed by atoms with Crippen LogP contribution in [0.1, 0.15) is 67.6 Å². The summed E-state index contributed by atoms with van der Waals surface area (Å²) in [7, 11) is 0. The molecule has 0 aromatic heterocycles. The standard InChI is InChI=1S/C34H37NO6/c1-4-39-33(38)27-14-9-8-13-26(27)24-19-16-23(17-20-24)18-21-29(36)30-31(41-34(2,3)40-30)32(37)35-22-10-15-28(35)25-11-6-5-7-12-25/h5-9,11-14,16-17,19-20,28,30-31H,4,10,15,18,21-22H2,1-3H3/t28?,30-,31+/m0/s1. The SMILES string of the molecule is CCOC(=O)c1ccccc1-c1ccc(CCC(=O)[C@@H]2OC(C)(C)O[C@H]2C(=O)N2CCCC2c2ccccc2)cc1. The van der Waals surface area contributed by atoms with Crippen molar-refractivity contribution < 1.29 is 28.6 Å². The molecule has 7 heteroatoms. The molecule has 2 heterocycles. The Morgan fingerprint density at radius 3 is 2.32 bits per heavy atom. The number of hydrogen-bond acceptors (Lipinski definition) is 6. The van der Waals surface area contributed by atoms with Gasteiger partial charge in [-0.15, -0.1) is 0 Å². The van der Waals surface area contributed by atoms with Gasteiger partial charge in [0.2, 0.25) is 0 Å². The highest BCUT2D eigenvalue weighted by atomic mass is 16.8. The van der Waals surface area contributed by atoms with E-state index in [2.05, 4.69) is 0 Å². The van der Waals surface area contributed by atoms with Crippen molar-refractivity contribution in [3.8, 4) is 11.1 Å². The van der Waals surface area contributed by atoms with Gasteiger partial charge in [-0.05, 0) is 68.4 Å². The number of likely N-dealkylation sites (tertiary alicyclic amines) is 1. The number of hydrogen-bond donors (Lipinski definition) is 0. The van der Waals surface area contributed by atoms with Crippen molar-refractivity contribution in [2.24, 2.45) is 0 Å². The Kier molecular flexibility index (Phi) is 8.66. The Balaban J connectivity index is 1.26. The smallest absolute Gasteiger partial charge is 0.338 e. The van der Waals surface area contributed by atoms with Gasteiger partial charge in [-0.25, -0.2) is 4.79 Å². The molecule has 214 valence electrons. The van der Waals surface area contributed by atoms with E-state index in [9.17, 15) is 14.4 Å². The fourth-order valence-electron chi connectivity index (χ4n) is 5.78. The van der Waals surface area contributed by atoms with Gasteiger partial charge in [-0.1, -0.05) is 72.8 Å². The molecule has 7 nitrogen and oxygen atoms in total. The van der Waals surface area contributed by atoms with Crippen molar-refractivity contribution in [1.82, 2.24) is 4.90 Å². The molecule has 0 radical (unpaired) electrons. The van der Waals surface area contributed by atoms with Gasteiger partial charge in [0, 0.05) is 13.0 Å². The number of benzene rings is 3. The fraction of sp³-hybridized carbons (Fsp3) is 0.382. The summed E-state index contributed by atoms with van der Waals surface area (Å²) in [5.74, 6) is -1.73. The number of amides is 1. The molecule has 3 atom stereocenters. The molecule has 0 spiro atoms. The maximum Gasteiger partial charge on any atom is 0.338 e. The second-order valence-corrected chi connectivity index (χ2v) is 11.0. The summed E-state index contributed by atoms with van der Waals surface area (Å²) in [6.07, 6.45) is 0.575. The summed E-state index contributed by atoms with van der Waals surface area (Å²) < 4.78 is 17.2. The second kappa shape index (κ2) is 12.4. The zero-order valence-electron chi connectivity index (χ0n) is 23.9. The summed E-state index contributed by atoms with van der Waals surface area (Å²) in [4.78, 5) is 41.4. The van der Waals surface area contributed by atoms with Gasteiger partial charge in [0.25, 0.3) is 5.91 Å². The predicted octanol–water partition coefficient (Wildman–Crippen LogP) is 5.92. The van der Waals surface area contributed by atoms with Crippen LogP contribution in [-0.4, -0.2) is 53.7 Å². The van der Waals surface area contributed by atoms with Gasteiger partial charge in [0.1, 0.15) is 0 Å². The van der Waals surface area contributed by atoms with Crippen LogP contribution in [0.2, 0.25) is 0 Å². The van der Waals surface area contributed by atoms with Crippen molar-refractivity contribution in [3.63, 3.8) is 0 Å². The van der Waals surface area contributed by atoms with Crippen LogP contribution in [0.4, 0.5) is 0 Å². The predicted molar refractivity (Wildman–Crippen MR) is 155 cm³/mol. The molecule has 1 amide bonds. The Bertz CT molecular complexity index is 1380. The van der Waals surface area contributed by atoms with Gasteiger partial charge in [0.05, 0.1) is 18.2 Å². The lowest BCUT2D eigenvalue weighted by molar-refractivity contribution is -0.163. The number of rotatable bonds is 9. The van der Waals surface area contributed by atoms with Crippen molar-refractivity contribution >= 4 is 17.7 Å². The van der Waals surface area contributed by atoms with Gasteiger partial charge >= 0.3 is 5.97 Å². The Morgan fingerprint density at radius 1 is 0.902 bits per heavy atom. The highest BCUT2D eigenvalue weighted by molar-refractivity contribution is 5.97. The highest BCUT2D eigenvalue weighted by Crippen LogP contribution is 2.37. The first kappa shape index (κ1) is 28.7. The third kappa shape index (κ3) is 6.42. The maximum atomic E-state index is 13.7. The van der Waals surface area contributed by atoms with Crippen LogP contribution >= 0.6 is 0 Å². The molecule has 0 bridgehead atoms. The third-order valence-corrected chi connectivity index (χ3v) is 7.72. The van der Waals surface area contributed by atoms with Crippen molar-refractivity contribution in [1.29, 1.82) is 0 Å². The van der Waals surface area contributed by atoms with Crippen LogP contribution < -0.4 is 0 Å². The largest absolute Gasteiger partial charge is 0.462 e. The number of ketones is 1. The lowest BCUT2D eigenvalue weighted by atomic mass is 9.96. The number of Topliss-reactive ketones (excluding diaryl/α,β-unsaturated/α-hetero) is 1. The first-order valence-electron chi connectivity index (χ1n) is 14.4. The molecule has 2 aliphatic heterocycles. The number of aryl methyl sites for hydroxylation is 1. The van der Waals surface area contributed by atoms with Crippen molar-refractivity contribution in [3.05, 3.63) is 95.6 Å². The zero-order valence-corrected chi connectivity index (χ0v) is 23.9. The number of carbonyl (C=O) groups excluding carboxylic acids is 3. The van der Waals surface area contributed by atoms with Gasteiger partial charge < -0.3 is 19.1 Å². The van der Waals surface area contributed by atoms with E-state index in [1.807, 2.05) is 77.7 Å². The van der Waals surface area contributed by atoms with Crippen LogP contribution in [0, 0.1) is 0 Å². The fourth-order valence-corrected chi connectivity index (χ4v) is 5.78. The molecule has 41 heavy (non-hydrogen) atoms. The zero-order chi connectivity index (χ0) is 29.0. The van der Waals surface area contributed by atoms with Crippen LogP contribution in [0.5, 0.6) is 0 Å². The van der Waals surface area contributed by atoms with E-state index in [0.717, 1.165) is 35.1 Å². The molecule has 2 fully saturated rings. The number of esters is 1. The van der Waals surface area contributed by atoms with Crippen molar-refractivity contribution in [2.45, 2.75) is 70.5 Å². The molecular formula is C34H37NO6. The van der Waals surface area contributed by atoms with E-state index in [1.54, 1.807) is 26.8 Å². The molecule has 2 saturated heterocycles. The second-order valence-electron chi connectivity index (χ2n) is 11.0. The molecule has 1 unspecified atom stereocenters. The Labute approximate surface area is 241 Å². The van der Waals surface area contributed by atoms with E-state index in [4.69, 9.17) is 14.2 Å². The molecule has 0 aliphatic carbocycles. The summed E-state index contributed by atoms with van der Waals surface area (Å²) >= 11 is 0. The lowest BCUT2D eigenvalue weighted by Gasteiger charge is -2.28. The quantitative estimate of drug-likeness (QED) is 0.305. The van der Waals surface area contributed by atoms with Gasteiger partial charge in [0.15, 0.2) is 23.8 Å². The molecule has 5 rings (SSSR count). The minimum Gasteiger partial charge on any atom is -0.462 e. The highest BCUT2D eigenvalue weighted by Gasteiger charge is 2.50. The summed E-state index contributed by atoms with van der Waals surface area (Å²) in [5, 5.41) is 0. The van der Waals surface area contributed by atoms with Crippen LogP contribution in [0.15, 0.2) is 78.9 Å². The first-order chi connectivity index (χ1) is 19.8. The number of nitrogens with zero attached hydrogens (tertiary/aromatic N) is 1. The van der Waals surface area contributed by atoms with E-state index in [0.29, 0.717) is 25.1 Å². The average molecular weight is 556 g/mol. The minimum absolute atomic E-state index is 0.0285. The number of ether oxygens (including phenoxy) is 3. The summed E-state index contributed by atoms with van der Waals surface area (Å²) in [6, 6.07) is 25.1. The van der Waals surface area contributed by atoms with Crippen LogP contribution in [0.3, 0.4) is 0 Å². The van der Waals surface area contributed by atoms with Gasteiger partial charge in [-0.3, -0.25) is 9.59 Å². The molecule has 3 aromatic rings. The Hall–Kier alpha value is -3.81. The first-order valence-corrected chi connectivity index (χ1v) is 14.4. The van der Waals surface area contributed by atoms with Crippen molar-refractivity contribution in [2.75, 3.05) is 13.2 Å². The maximum absolute atomic E-state index is 13.7. The third-order valence-electron chi connectivity index (χ3n) is 7.72. The van der Waals surface area contributed by atoms with E-state index in [1.165, 1.54) is 0 Å². The van der Waals surface area contributed by atoms with Gasteiger partial charge in [-0.2, -0.15) is 0 Å². The normalized spacial score (nSPS) is 21.5. The summed E-state index contributed by atoms with van der Waals surface area (Å²) in [5.41, 5.74) is 4.27. The van der Waals surface area contributed by atoms with E-state index < -0.39 is 18.0 Å². The molecule has 3 aromatic carbocycles. The Morgan fingerprint density at radius 2 is 1.59 bits per heavy atom. The molecular weight excluding hydrogens is 518 g/mol. The molecule has 0 N–H and O–H groups in total. The minimum atomic E-state index is -1.03. The average Bonchev–Trinajstić information content (AvgIpc) is 3.61. The monoisotopic (exact) mass is 555 g/mol. The lowest BCUT2D eigenvalue weighted by Crippen LogP contribution is -2.46. The van der Waals surface area contributed by atoms with E-state index >= 15 is 0 Å². The summed E-state index contributed by atoms with van der Waals surface area (Å²) in [6.45, 7) is 6.21. The van der Waals surface area contributed by atoms with Crippen LogP contribution in [-0.2, 0) is 30.2 Å². The molecule has 2 aliphatic rings. The van der Waals surface area contributed by atoms with Crippen LogP contribution in [0.25, 0.3) is 11.1 Å². The topological polar surface area (TPSA) is 82.1 Å². The molecule has 0 saturated carbocycles. The van der Waals surface area contributed by atoms with E-state index in [-0.39, 0.29) is 30.1 Å². The number of carbonyl (C=O) groups is 3.